The van der Waals surface area contributed by atoms with Gasteiger partial charge in [0.15, 0.2) is 0 Å². The Hall–Kier alpha value is -0.760. The molecule has 0 spiro atoms. The van der Waals surface area contributed by atoms with Crippen LogP contribution in [0.5, 0.6) is 0 Å². The molecule has 0 aromatic carbocycles. The molecule has 0 bridgehead atoms. The van der Waals surface area contributed by atoms with E-state index >= 15 is 0 Å². The quantitative estimate of drug-likeness (QED) is 0.627. The molecule has 2 heterocycles. The van der Waals surface area contributed by atoms with Gasteiger partial charge in [-0.25, -0.2) is 0 Å². The smallest absolute Gasteiger partial charge is 0.0473 e. The Morgan fingerprint density at radius 1 is 1.55 bits per heavy atom. The minimum absolute atomic E-state index is 0.587. The van der Waals surface area contributed by atoms with Crippen LogP contribution in [0.4, 0.5) is 0 Å². The van der Waals surface area contributed by atoms with E-state index in [-0.39, 0.29) is 0 Å². The molecule has 1 aromatic rings. The summed E-state index contributed by atoms with van der Waals surface area (Å²) in [6.07, 6.45) is 4.65. The molecule has 2 N–H and O–H groups in total. The SMILES string of the molecule is Cc1c[nH]c(C2CCCN2)c1. The van der Waals surface area contributed by atoms with Gasteiger partial charge >= 0.3 is 0 Å². The van der Waals surface area contributed by atoms with Gasteiger partial charge < -0.3 is 10.3 Å². The second kappa shape index (κ2) is 2.70. The molecule has 1 aromatic heterocycles. The van der Waals surface area contributed by atoms with Crippen LogP contribution in [-0.2, 0) is 0 Å². The van der Waals surface area contributed by atoms with Crippen LogP contribution in [0.1, 0.15) is 30.1 Å². The first kappa shape index (κ1) is 6.92. The van der Waals surface area contributed by atoms with Crippen LogP contribution >= 0.6 is 0 Å². The van der Waals surface area contributed by atoms with Gasteiger partial charge in [-0.2, -0.15) is 0 Å². The lowest BCUT2D eigenvalue weighted by Crippen LogP contribution is -2.12. The summed E-state index contributed by atoms with van der Waals surface area (Å²) < 4.78 is 0. The van der Waals surface area contributed by atoms with E-state index < -0.39 is 0 Å². The minimum Gasteiger partial charge on any atom is -0.363 e. The highest BCUT2D eigenvalue weighted by Crippen LogP contribution is 2.21. The zero-order chi connectivity index (χ0) is 7.68. The Labute approximate surface area is 67.0 Å². The van der Waals surface area contributed by atoms with Crippen LogP contribution in [0, 0.1) is 6.92 Å². The molecule has 60 valence electrons. The third-order valence-corrected chi connectivity index (χ3v) is 2.29. The highest BCUT2D eigenvalue weighted by Gasteiger charge is 2.16. The molecule has 1 saturated heterocycles. The van der Waals surface area contributed by atoms with Gasteiger partial charge in [-0.05, 0) is 37.9 Å². The summed E-state index contributed by atoms with van der Waals surface area (Å²) in [7, 11) is 0. The Balaban J connectivity index is 2.15. The number of aryl methyl sites for hydroxylation is 1. The molecular formula is C9H14N2. The van der Waals surface area contributed by atoms with Crippen molar-refractivity contribution in [3.05, 3.63) is 23.5 Å². The van der Waals surface area contributed by atoms with Crippen LogP contribution in [0.15, 0.2) is 12.3 Å². The number of rotatable bonds is 1. The molecule has 1 unspecified atom stereocenters. The van der Waals surface area contributed by atoms with Gasteiger partial charge in [-0.1, -0.05) is 0 Å². The standard InChI is InChI=1S/C9H14N2/c1-7-5-9(11-6-7)8-3-2-4-10-8/h5-6,8,10-11H,2-4H2,1H3. The van der Waals surface area contributed by atoms with E-state index in [1.54, 1.807) is 0 Å². The number of hydrogen-bond donors (Lipinski definition) is 2. The summed E-state index contributed by atoms with van der Waals surface area (Å²) in [5, 5.41) is 3.45. The van der Waals surface area contributed by atoms with Crippen LogP contribution in [0.25, 0.3) is 0 Å². The lowest BCUT2D eigenvalue weighted by molar-refractivity contribution is 0.632. The van der Waals surface area contributed by atoms with E-state index in [1.807, 2.05) is 0 Å². The average Bonchev–Trinajstić information content (AvgIpc) is 2.55. The fraction of sp³-hybridized carbons (Fsp3) is 0.556. The Kier molecular flexibility index (Phi) is 1.70. The molecule has 0 aliphatic carbocycles. The first-order valence-electron chi connectivity index (χ1n) is 4.24. The fourth-order valence-electron chi connectivity index (χ4n) is 1.68. The van der Waals surface area contributed by atoms with Crippen molar-refractivity contribution in [3.8, 4) is 0 Å². The van der Waals surface area contributed by atoms with E-state index in [2.05, 4.69) is 29.5 Å². The summed E-state index contributed by atoms with van der Waals surface area (Å²) in [4.78, 5) is 3.28. The molecule has 1 fully saturated rings. The predicted octanol–water partition coefficient (Wildman–Crippen LogP) is 1.75. The van der Waals surface area contributed by atoms with Crippen molar-refractivity contribution in [2.75, 3.05) is 6.54 Å². The molecule has 0 saturated carbocycles. The predicted molar refractivity (Wildman–Crippen MR) is 45.5 cm³/mol. The maximum Gasteiger partial charge on any atom is 0.0473 e. The number of H-pyrrole nitrogens is 1. The van der Waals surface area contributed by atoms with E-state index in [9.17, 15) is 0 Å². The van der Waals surface area contributed by atoms with Gasteiger partial charge in [-0.15, -0.1) is 0 Å². The fourth-order valence-corrected chi connectivity index (χ4v) is 1.68. The van der Waals surface area contributed by atoms with Crippen molar-refractivity contribution in [3.63, 3.8) is 0 Å². The highest BCUT2D eigenvalue weighted by atomic mass is 15.0. The molecule has 1 aliphatic heterocycles. The van der Waals surface area contributed by atoms with Crippen LogP contribution in [0.3, 0.4) is 0 Å². The second-order valence-corrected chi connectivity index (χ2v) is 3.28. The van der Waals surface area contributed by atoms with Crippen molar-refractivity contribution >= 4 is 0 Å². The van der Waals surface area contributed by atoms with E-state index in [1.165, 1.54) is 30.6 Å². The molecule has 0 radical (unpaired) electrons. The maximum atomic E-state index is 3.45. The lowest BCUT2D eigenvalue weighted by Gasteiger charge is -2.05. The van der Waals surface area contributed by atoms with Crippen molar-refractivity contribution in [2.45, 2.75) is 25.8 Å². The minimum atomic E-state index is 0.587. The number of aromatic nitrogens is 1. The molecule has 2 rings (SSSR count). The highest BCUT2D eigenvalue weighted by molar-refractivity contribution is 5.18. The molecule has 2 heteroatoms. The topological polar surface area (TPSA) is 27.8 Å². The van der Waals surface area contributed by atoms with E-state index in [0.29, 0.717) is 6.04 Å². The van der Waals surface area contributed by atoms with Crippen LogP contribution in [-0.4, -0.2) is 11.5 Å². The van der Waals surface area contributed by atoms with Crippen molar-refractivity contribution in [1.82, 2.24) is 10.3 Å². The zero-order valence-electron chi connectivity index (χ0n) is 6.85. The Morgan fingerprint density at radius 2 is 2.45 bits per heavy atom. The molecule has 2 nitrogen and oxygen atoms in total. The van der Waals surface area contributed by atoms with Gasteiger partial charge in [0.1, 0.15) is 0 Å². The van der Waals surface area contributed by atoms with Crippen molar-refractivity contribution < 1.29 is 0 Å². The normalized spacial score (nSPS) is 24.3. The summed E-state index contributed by atoms with van der Waals surface area (Å²) in [5.74, 6) is 0. The van der Waals surface area contributed by atoms with E-state index in [0.717, 1.165) is 0 Å². The maximum absolute atomic E-state index is 3.45. The summed E-state index contributed by atoms with van der Waals surface area (Å²) >= 11 is 0. The van der Waals surface area contributed by atoms with Gasteiger partial charge in [0.25, 0.3) is 0 Å². The summed E-state index contributed by atoms with van der Waals surface area (Å²) in [6.45, 7) is 3.29. The van der Waals surface area contributed by atoms with Crippen molar-refractivity contribution in [2.24, 2.45) is 0 Å². The average molecular weight is 150 g/mol. The molecule has 1 aliphatic rings. The van der Waals surface area contributed by atoms with E-state index in [4.69, 9.17) is 0 Å². The molecule has 11 heavy (non-hydrogen) atoms. The van der Waals surface area contributed by atoms with Gasteiger partial charge in [0, 0.05) is 17.9 Å². The second-order valence-electron chi connectivity index (χ2n) is 3.28. The molecule has 1 atom stereocenters. The number of nitrogens with one attached hydrogen (secondary N) is 2. The van der Waals surface area contributed by atoms with Gasteiger partial charge in [-0.3, -0.25) is 0 Å². The summed E-state index contributed by atoms with van der Waals surface area (Å²) in [6, 6.07) is 2.81. The van der Waals surface area contributed by atoms with Crippen molar-refractivity contribution in [1.29, 1.82) is 0 Å². The first-order chi connectivity index (χ1) is 5.36. The monoisotopic (exact) mass is 150 g/mol. The van der Waals surface area contributed by atoms with Crippen LogP contribution in [0.2, 0.25) is 0 Å². The number of aromatic amines is 1. The Morgan fingerprint density at radius 3 is 3.00 bits per heavy atom. The molecular weight excluding hydrogens is 136 g/mol. The van der Waals surface area contributed by atoms with Gasteiger partial charge in [0.05, 0.1) is 0 Å². The first-order valence-corrected chi connectivity index (χ1v) is 4.24. The third kappa shape index (κ3) is 1.31. The van der Waals surface area contributed by atoms with Gasteiger partial charge in [0.2, 0.25) is 0 Å². The number of hydrogen-bond acceptors (Lipinski definition) is 1. The zero-order valence-corrected chi connectivity index (χ0v) is 6.85. The molecule has 0 amide bonds. The summed E-state index contributed by atoms with van der Waals surface area (Å²) in [5.41, 5.74) is 2.67. The third-order valence-electron chi connectivity index (χ3n) is 2.29. The largest absolute Gasteiger partial charge is 0.363 e. The van der Waals surface area contributed by atoms with Crippen LogP contribution < -0.4 is 5.32 Å². The lowest BCUT2D eigenvalue weighted by atomic mass is 10.1. The Bertz CT molecular complexity index is 233.